The normalized spacial score (nSPS) is 30.8. The smallest absolute Gasteiger partial charge is 0.756 e. The van der Waals surface area contributed by atoms with Gasteiger partial charge in [0.25, 0.3) is 21.2 Å². The molecule has 0 saturated carbocycles. The van der Waals surface area contributed by atoms with E-state index >= 15 is 0 Å². The molecular formula is C20H28N6Na2O17P2S2. The van der Waals surface area contributed by atoms with Gasteiger partial charge in [-0.1, -0.05) is 10.8 Å². The maximum atomic E-state index is 12.6. The van der Waals surface area contributed by atoms with E-state index in [9.17, 15) is 58.8 Å². The second kappa shape index (κ2) is 18.8. The van der Waals surface area contributed by atoms with Crippen molar-refractivity contribution in [2.75, 3.05) is 24.7 Å². The van der Waals surface area contributed by atoms with E-state index in [2.05, 4.69) is 33.6 Å². The Balaban J connectivity index is 0.00000417. The molecule has 11 unspecified atom stereocenters. The zero-order chi connectivity index (χ0) is 34.8. The number of H-pyrrole nitrogens is 1. The Bertz CT molecular complexity index is 1630. The first kappa shape index (κ1) is 45.1. The van der Waals surface area contributed by atoms with E-state index < -0.39 is 95.5 Å². The molecule has 0 bridgehead atoms. The third kappa shape index (κ3) is 11.5. The van der Waals surface area contributed by atoms with E-state index in [1.807, 2.05) is 0 Å². The first-order valence-electron chi connectivity index (χ1n) is 13.0. The van der Waals surface area contributed by atoms with Crippen molar-refractivity contribution in [1.82, 2.24) is 24.8 Å². The Morgan fingerprint density at radius 2 is 1.76 bits per heavy atom. The summed E-state index contributed by atoms with van der Waals surface area (Å²) in [5, 5.41) is 52.8. The number of nitrogens with one attached hydrogen (secondary N) is 2. The number of amides is 1. The molecule has 4 rings (SSSR count). The molecule has 2 saturated heterocycles. The molecule has 264 valence electrons. The van der Waals surface area contributed by atoms with Crippen LogP contribution in [0.15, 0.2) is 11.1 Å². The third-order valence-corrected chi connectivity index (χ3v) is 11.1. The maximum absolute atomic E-state index is 12.6. The largest absolute Gasteiger partial charge is 1.00 e. The third-order valence-electron chi connectivity index (χ3n) is 6.47. The minimum Gasteiger partial charge on any atom is -0.756 e. The number of hydrogen-bond donors (Lipinski definition) is 8. The van der Waals surface area contributed by atoms with Crippen LogP contribution < -0.4 is 85.5 Å². The number of imidazole rings is 1. The number of phosphoric ester groups is 2. The molecule has 2 aliphatic heterocycles. The fourth-order valence-corrected chi connectivity index (χ4v) is 7.90. The van der Waals surface area contributed by atoms with Crippen molar-refractivity contribution >= 4 is 65.4 Å². The number of carbonyl (C=O) groups excluding carboxylic acids is 2. The minimum absolute atomic E-state index is 0. The summed E-state index contributed by atoms with van der Waals surface area (Å²) in [6.45, 7) is -0.856. The molecule has 23 nitrogen and oxygen atoms in total. The first-order valence-corrected chi connectivity index (χ1v) is 18.3. The molecule has 2 aliphatic rings. The Hall–Kier alpha value is -0.0300. The van der Waals surface area contributed by atoms with Gasteiger partial charge in [-0.05, 0) is 10.8 Å². The van der Waals surface area contributed by atoms with Crippen LogP contribution in [0.3, 0.4) is 0 Å². The number of rotatable bonds is 13. The number of nitrogens with two attached hydrogens (primary N) is 1. The number of aromatic nitrogens is 4. The van der Waals surface area contributed by atoms with Crippen molar-refractivity contribution in [2.45, 2.75) is 62.1 Å². The number of nitrogens with zero attached hydrogens (tertiary/aromatic N) is 3. The second-order valence-electron chi connectivity index (χ2n) is 9.84. The van der Waals surface area contributed by atoms with Crippen LogP contribution in [0.4, 0.5) is 5.95 Å². The summed E-state index contributed by atoms with van der Waals surface area (Å²) in [5.41, 5.74) is 4.46. The van der Waals surface area contributed by atoms with Gasteiger partial charge in [0.1, 0.15) is 42.7 Å². The average Bonchev–Trinajstić information content (AvgIpc) is 3.51. The van der Waals surface area contributed by atoms with Gasteiger partial charge in [0.05, 0.1) is 25.3 Å². The van der Waals surface area contributed by atoms with Gasteiger partial charge in [-0.25, -0.2) is 9.29 Å². The number of fused-ring (bicyclic) bond motifs is 1. The van der Waals surface area contributed by atoms with Crippen LogP contribution >= 0.6 is 37.2 Å². The zero-order valence-electron chi connectivity index (χ0n) is 25.7. The van der Waals surface area contributed by atoms with Crippen LogP contribution in [0, 0.1) is 0 Å². The molecule has 29 heteroatoms. The van der Waals surface area contributed by atoms with E-state index in [0.717, 1.165) is 21.7 Å². The van der Waals surface area contributed by atoms with Gasteiger partial charge in [0.2, 0.25) is 11.9 Å². The van der Waals surface area contributed by atoms with Crippen molar-refractivity contribution in [3.63, 3.8) is 0 Å². The van der Waals surface area contributed by atoms with Crippen LogP contribution in [0.25, 0.3) is 11.2 Å². The van der Waals surface area contributed by atoms with Crippen LogP contribution in [0.2, 0.25) is 0 Å². The number of ether oxygens (including phenoxy) is 2. The number of phosphoric acid groups is 2. The summed E-state index contributed by atoms with van der Waals surface area (Å²) in [5.74, 6) is -1.58. The Morgan fingerprint density at radius 1 is 1.10 bits per heavy atom. The number of aromatic amines is 1. The number of aliphatic hydroxyl groups excluding tert-OH is 5. The Labute approximate surface area is 327 Å². The fraction of sp³-hybridized carbons (Fsp3) is 0.650. The Kier molecular flexibility index (Phi) is 17.3. The molecule has 2 aromatic heterocycles. The number of carbonyl (C=O) groups is 2. The quantitative estimate of drug-likeness (QED) is 0.0530. The van der Waals surface area contributed by atoms with Crippen molar-refractivity contribution in [3.05, 3.63) is 16.7 Å². The first-order chi connectivity index (χ1) is 21.9. The molecule has 0 spiro atoms. The summed E-state index contributed by atoms with van der Waals surface area (Å²) in [7, 11) is -10.4. The molecule has 9 N–H and O–H groups in total. The van der Waals surface area contributed by atoms with Gasteiger partial charge in [-0.2, -0.15) is 4.98 Å². The Morgan fingerprint density at radius 3 is 2.39 bits per heavy atom. The second-order valence-corrected chi connectivity index (χ2v) is 15.2. The minimum atomic E-state index is -6.03. The van der Waals surface area contributed by atoms with Crippen LogP contribution in [-0.4, -0.2) is 124 Å². The van der Waals surface area contributed by atoms with E-state index in [-0.39, 0.29) is 87.1 Å². The molecule has 2 aromatic rings. The van der Waals surface area contributed by atoms with E-state index in [4.69, 9.17) is 15.2 Å². The van der Waals surface area contributed by atoms with Crippen molar-refractivity contribution in [1.29, 1.82) is 0 Å². The molecule has 1 amide bonds. The summed E-state index contributed by atoms with van der Waals surface area (Å²) in [6, 6.07) is -1.86. The molecule has 49 heavy (non-hydrogen) atoms. The summed E-state index contributed by atoms with van der Waals surface area (Å²) >= 11 is 0. The van der Waals surface area contributed by atoms with E-state index in [0.29, 0.717) is 10.8 Å². The SMILES string of the molecule is CC(=O)SSCC(=O)NC1C(OP(=O)([O-])OP(=O)([O-])OCC2OC(n3cnc4c(=O)[nH]c(N)nc43)C(O)C2O)OC(CO)C(O)C1O.[Na+].[Na+]. The van der Waals surface area contributed by atoms with Gasteiger partial charge in [0, 0.05) is 6.92 Å². The molecular weight excluding hydrogens is 768 g/mol. The van der Waals surface area contributed by atoms with Gasteiger partial charge >= 0.3 is 59.1 Å². The topological polar surface area (TPSA) is 363 Å². The predicted octanol–water partition coefficient (Wildman–Crippen LogP) is -10.8. The number of hydrogen-bond acceptors (Lipinski definition) is 22. The molecule has 0 radical (unpaired) electrons. The van der Waals surface area contributed by atoms with Crippen LogP contribution in [-0.2, 0) is 41.6 Å². The molecule has 0 aliphatic carbocycles. The van der Waals surface area contributed by atoms with Crippen molar-refractivity contribution < 1.29 is 136 Å². The average molecular weight is 797 g/mol. The molecule has 4 heterocycles. The summed E-state index contributed by atoms with van der Waals surface area (Å²) < 4.78 is 49.8. The standard InChI is InChI=1S/C20H30N6O17P2S2.2Na/c1-6(28)47-46-4-9(29)23-10-14(32)12(30)7(2-27)41-19(10)42-45(37,38)43-44(35,36)39-3-8-13(31)15(33)18(40-8)26-5-22-11-16(26)24-20(21)25-17(11)34;;/h5,7-8,10,12-15,18-19,27,30-33H,2-4H2,1H3,(H,23,29)(H,35,36)(H,37,38)(H3,21,24,25,34);;/q;2*+1/p-2. The van der Waals surface area contributed by atoms with Crippen molar-refractivity contribution in [2.24, 2.45) is 0 Å². The predicted molar refractivity (Wildman–Crippen MR) is 152 cm³/mol. The van der Waals surface area contributed by atoms with Crippen LogP contribution in [0.5, 0.6) is 0 Å². The monoisotopic (exact) mass is 796 g/mol. The van der Waals surface area contributed by atoms with Crippen LogP contribution in [0.1, 0.15) is 13.2 Å². The number of nitrogen functional groups attached to an aromatic ring is 1. The fourth-order valence-electron chi connectivity index (χ4n) is 4.40. The van der Waals surface area contributed by atoms with Gasteiger partial charge in [-0.15, -0.1) is 0 Å². The summed E-state index contributed by atoms with van der Waals surface area (Å²) in [6.07, 6.45) is -13.5. The van der Waals surface area contributed by atoms with Gasteiger partial charge < -0.3 is 60.4 Å². The van der Waals surface area contributed by atoms with E-state index in [1.54, 1.807) is 0 Å². The van der Waals surface area contributed by atoms with Gasteiger partial charge in [-0.3, -0.25) is 37.6 Å². The number of anilines is 1. The number of aliphatic hydroxyl groups is 5. The maximum Gasteiger partial charge on any atom is 1.00 e. The van der Waals surface area contributed by atoms with Gasteiger partial charge in [0.15, 0.2) is 28.8 Å². The molecule has 11 atom stereocenters. The molecule has 0 aromatic carbocycles. The zero-order valence-corrected chi connectivity index (χ0v) is 33.1. The molecule has 2 fully saturated rings. The van der Waals surface area contributed by atoms with Crippen molar-refractivity contribution in [3.8, 4) is 0 Å². The van der Waals surface area contributed by atoms with E-state index in [1.165, 1.54) is 6.92 Å². The summed E-state index contributed by atoms with van der Waals surface area (Å²) in [4.78, 5) is 70.4.